The second-order valence-electron chi connectivity index (χ2n) is 4.27. The number of nitrogens with zero attached hydrogens (tertiary/aromatic N) is 4. The van der Waals surface area contributed by atoms with Gasteiger partial charge in [0.1, 0.15) is 12.2 Å². The summed E-state index contributed by atoms with van der Waals surface area (Å²) in [6.07, 6.45) is 2.19. The van der Waals surface area contributed by atoms with E-state index in [0.29, 0.717) is 18.7 Å². The van der Waals surface area contributed by atoms with E-state index in [-0.39, 0.29) is 17.9 Å². The van der Waals surface area contributed by atoms with Gasteiger partial charge in [0.15, 0.2) is 0 Å². The minimum Gasteiger partial charge on any atom is -0.330 e. The van der Waals surface area contributed by atoms with Gasteiger partial charge in [-0.1, -0.05) is 17.3 Å². The fourth-order valence-corrected chi connectivity index (χ4v) is 1.75. The first-order chi connectivity index (χ1) is 10.1. The van der Waals surface area contributed by atoms with Crippen LogP contribution in [-0.2, 0) is 17.8 Å². The van der Waals surface area contributed by atoms with Crippen molar-refractivity contribution in [3.63, 3.8) is 0 Å². The maximum absolute atomic E-state index is 11.9. The molecule has 1 aromatic carbocycles. The molecule has 9 heteroatoms. The molecule has 0 atom stereocenters. The zero-order chi connectivity index (χ0) is 15.2. The fraction of sp³-hybridized carbons (Fsp3) is 0.250. The Morgan fingerprint density at radius 3 is 2.90 bits per heavy atom. The Labute approximate surface area is 119 Å². The Morgan fingerprint density at radius 1 is 1.43 bits per heavy atom. The summed E-state index contributed by atoms with van der Waals surface area (Å²) in [7, 11) is 0. The van der Waals surface area contributed by atoms with Gasteiger partial charge in [0, 0.05) is 18.7 Å². The van der Waals surface area contributed by atoms with Gasteiger partial charge in [-0.25, -0.2) is 4.68 Å². The second kappa shape index (κ2) is 6.57. The molecule has 1 amide bonds. The summed E-state index contributed by atoms with van der Waals surface area (Å²) in [5.41, 5.74) is 6.08. The van der Waals surface area contributed by atoms with Crippen molar-refractivity contribution in [1.82, 2.24) is 15.0 Å². The van der Waals surface area contributed by atoms with Crippen LogP contribution in [0.25, 0.3) is 0 Å². The Bertz CT molecular complexity index is 654. The van der Waals surface area contributed by atoms with Gasteiger partial charge < -0.3 is 11.1 Å². The van der Waals surface area contributed by atoms with Gasteiger partial charge in [-0.05, 0) is 12.6 Å². The Balaban J connectivity index is 2.03. The number of aromatic nitrogens is 3. The van der Waals surface area contributed by atoms with Gasteiger partial charge in [-0.3, -0.25) is 14.9 Å². The first-order valence-corrected chi connectivity index (χ1v) is 6.22. The van der Waals surface area contributed by atoms with Crippen LogP contribution in [0, 0.1) is 10.1 Å². The number of amides is 1. The molecule has 1 heterocycles. The van der Waals surface area contributed by atoms with Gasteiger partial charge >= 0.3 is 0 Å². The molecule has 0 spiro atoms. The van der Waals surface area contributed by atoms with Crippen molar-refractivity contribution in [3.8, 4) is 0 Å². The molecule has 0 aliphatic rings. The molecule has 1 aromatic heterocycles. The van der Waals surface area contributed by atoms with Gasteiger partial charge in [-0.2, -0.15) is 0 Å². The summed E-state index contributed by atoms with van der Waals surface area (Å²) in [6.45, 7) is 0.366. The molecule has 2 rings (SSSR count). The SMILES string of the molecule is NCCc1cn(CC(=O)Nc2ccccc2[N+](=O)[O-])nn1. The molecule has 2 aromatic rings. The number of carbonyl (C=O) groups excluding carboxylic acids is 1. The van der Waals surface area contributed by atoms with Crippen molar-refractivity contribution in [2.75, 3.05) is 11.9 Å². The van der Waals surface area contributed by atoms with E-state index in [1.54, 1.807) is 12.3 Å². The van der Waals surface area contributed by atoms with E-state index >= 15 is 0 Å². The van der Waals surface area contributed by atoms with Crippen LogP contribution in [0.15, 0.2) is 30.5 Å². The normalized spacial score (nSPS) is 10.3. The van der Waals surface area contributed by atoms with E-state index in [1.165, 1.54) is 22.9 Å². The van der Waals surface area contributed by atoms with Gasteiger partial charge in [-0.15, -0.1) is 5.10 Å². The van der Waals surface area contributed by atoms with Gasteiger partial charge in [0.25, 0.3) is 5.69 Å². The summed E-state index contributed by atoms with van der Waals surface area (Å²) < 4.78 is 1.36. The molecule has 0 aliphatic carbocycles. The van der Waals surface area contributed by atoms with Gasteiger partial charge in [0.2, 0.25) is 5.91 Å². The summed E-state index contributed by atoms with van der Waals surface area (Å²) in [4.78, 5) is 22.2. The van der Waals surface area contributed by atoms with Crippen molar-refractivity contribution in [3.05, 3.63) is 46.3 Å². The van der Waals surface area contributed by atoms with Crippen molar-refractivity contribution in [2.24, 2.45) is 5.73 Å². The third kappa shape index (κ3) is 3.83. The number of rotatable bonds is 6. The topological polar surface area (TPSA) is 129 Å². The number of nitrogens with one attached hydrogen (secondary N) is 1. The van der Waals surface area contributed by atoms with Crippen LogP contribution >= 0.6 is 0 Å². The minimum atomic E-state index is -0.551. The third-order valence-corrected chi connectivity index (χ3v) is 2.67. The molecule has 110 valence electrons. The number of carbonyl (C=O) groups is 1. The smallest absolute Gasteiger partial charge is 0.292 e. The van der Waals surface area contributed by atoms with Crippen molar-refractivity contribution in [2.45, 2.75) is 13.0 Å². The zero-order valence-electron chi connectivity index (χ0n) is 11.1. The van der Waals surface area contributed by atoms with Crippen LogP contribution in [0.2, 0.25) is 0 Å². The lowest BCUT2D eigenvalue weighted by Gasteiger charge is -2.05. The number of para-hydroxylation sites is 2. The number of hydrogen-bond donors (Lipinski definition) is 2. The molecule has 0 radical (unpaired) electrons. The highest BCUT2D eigenvalue weighted by Gasteiger charge is 2.15. The highest BCUT2D eigenvalue weighted by Crippen LogP contribution is 2.22. The fourth-order valence-electron chi connectivity index (χ4n) is 1.75. The molecule has 0 fully saturated rings. The summed E-state index contributed by atoms with van der Waals surface area (Å²) in [6, 6.07) is 5.93. The molecule has 21 heavy (non-hydrogen) atoms. The van der Waals surface area contributed by atoms with E-state index in [2.05, 4.69) is 15.6 Å². The van der Waals surface area contributed by atoms with Crippen LogP contribution < -0.4 is 11.1 Å². The molecule has 0 aliphatic heterocycles. The zero-order valence-corrected chi connectivity index (χ0v) is 11.1. The first-order valence-electron chi connectivity index (χ1n) is 6.22. The number of hydrogen-bond acceptors (Lipinski definition) is 6. The Hall–Kier alpha value is -2.81. The van der Waals surface area contributed by atoms with Crippen LogP contribution in [0.1, 0.15) is 5.69 Å². The second-order valence-corrected chi connectivity index (χ2v) is 4.27. The largest absolute Gasteiger partial charge is 0.330 e. The number of nitro groups is 1. The summed E-state index contributed by atoms with van der Waals surface area (Å²) in [5.74, 6) is -0.423. The lowest BCUT2D eigenvalue weighted by Crippen LogP contribution is -2.19. The van der Waals surface area contributed by atoms with E-state index in [9.17, 15) is 14.9 Å². The van der Waals surface area contributed by atoms with E-state index in [0.717, 1.165) is 0 Å². The Morgan fingerprint density at radius 2 is 2.19 bits per heavy atom. The minimum absolute atomic E-state index is 0.0797. The molecule has 0 bridgehead atoms. The molecule has 0 saturated heterocycles. The van der Waals surface area contributed by atoms with Crippen LogP contribution in [-0.4, -0.2) is 32.4 Å². The first kappa shape index (κ1) is 14.6. The van der Waals surface area contributed by atoms with Crippen molar-refractivity contribution in [1.29, 1.82) is 0 Å². The van der Waals surface area contributed by atoms with E-state index in [1.807, 2.05) is 0 Å². The quantitative estimate of drug-likeness (QED) is 0.582. The van der Waals surface area contributed by atoms with Gasteiger partial charge in [0.05, 0.1) is 10.6 Å². The van der Waals surface area contributed by atoms with Crippen molar-refractivity contribution < 1.29 is 9.72 Å². The average Bonchev–Trinajstić information content (AvgIpc) is 2.86. The standard InChI is InChI=1S/C12H14N6O3/c13-6-5-9-7-17(16-15-9)8-12(19)14-10-3-1-2-4-11(10)18(20)21/h1-4,7H,5-6,8,13H2,(H,14,19). The maximum atomic E-state index is 11.9. The van der Waals surface area contributed by atoms with Crippen molar-refractivity contribution >= 4 is 17.3 Å². The molecule has 3 N–H and O–H groups in total. The third-order valence-electron chi connectivity index (χ3n) is 2.67. The predicted molar refractivity (Wildman–Crippen MR) is 74.5 cm³/mol. The monoisotopic (exact) mass is 290 g/mol. The number of nitro benzene ring substituents is 1. The lowest BCUT2D eigenvalue weighted by molar-refractivity contribution is -0.383. The number of benzene rings is 1. The maximum Gasteiger partial charge on any atom is 0.292 e. The molecule has 9 nitrogen and oxygen atoms in total. The summed E-state index contributed by atoms with van der Waals surface area (Å²) >= 11 is 0. The number of anilines is 1. The molecule has 0 unspecified atom stereocenters. The lowest BCUT2D eigenvalue weighted by atomic mass is 10.2. The van der Waals surface area contributed by atoms with Crippen LogP contribution in [0.3, 0.4) is 0 Å². The average molecular weight is 290 g/mol. The van der Waals surface area contributed by atoms with E-state index < -0.39 is 10.8 Å². The molecular formula is C12H14N6O3. The molecular weight excluding hydrogens is 276 g/mol. The van der Waals surface area contributed by atoms with E-state index in [4.69, 9.17) is 5.73 Å². The van der Waals surface area contributed by atoms with Crippen LogP contribution in [0.5, 0.6) is 0 Å². The van der Waals surface area contributed by atoms with Crippen LogP contribution in [0.4, 0.5) is 11.4 Å². The molecule has 0 saturated carbocycles. The predicted octanol–water partition coefficient (Wildman–Crippen LogP) is 0.326. The highest BCUT2D eigenvalue weighted by molar-refractivity contribution is 5.92. The highest BCUT2D eigenvalue weighted by atomic mass is 16.6. The summed E-state index contributed by atoms with van der Waals surface area (Å²) in [5, 5.41) is 21.0. The Kier molecular flexibility index (Phi) is 4.57. The number of nitrogens with two attached hydrogens (primary N) is 1.